The van der Waals surface area contributed by atoms with E-state index >= 15 is 0 Å². The van der Waals surface area contributed by atoms with Crippen molar-refractivity contribution in [3.8, 4) is 6.57 Å². The summed E-state index contributed by atoms with van der Waals surface area (Å²) in [5.74, 6) is 0.798. The fraction of sp³-hybridized carbons (Fsp3) is 0.667. The number of nitrogens with one attached hydrogen (secondary N) is 1. The van der Waals surface area contributed by atoms with Crippen LogP contribution in [0.1, 0.15) is 25.6 Å². The second-order valence-electron chi connectivity index (χ2n) is 4.49. The van der Waals surface area contributed by atoms with Crippen LogP contribution in [0.15, 0.2) is 6.33 Å². The van der Waals surface area contributed by atoms with E-state index in [2.05, 4.69) is 26.7 Å². The zero-order chi connectivity index (χ0) is 15.0. The van der Waals surface area contributed by atoms with Gasteiger partial charge in [-0.2, -0.15) is 5.10 Å². The first-order valence-corrected chi connectivity index (χ1v) is 6.37. The second kappa shape index (κ2) is 8.24. The van der Waals surface area contributed by atoms with Crippen molar-refractivity contribution in [2.24, 2.45) is 0 Å². The summed E-state index contributed by atoms with van der Waals surface area (Å²) in [6.45, 7) is 7.56. The molecule has 1 saturated heterocycles. The molecule has 1 aromatic heterocycles. The van der Waals surface area contributed by atoms with Gasteiger partial charge in [0, 0.05) is 20.0 Å². The van der Waals surface area contributed by atoms with Crippen LogP contribution < -0.4 is 0 Å². The van der Waals surface area contributed by atoms with Crippen molar-refractivity contribution >= 4 is 5.91 Å². The van der Waals surface area contributed by atoms with Gasteiger partial charge in [-0.15, -0.1) is 0 Å². The van der Waals surface area contributed by atoms with Gasteiger partial charge in [0.1, 0.15) is 12.2 Å². The lowest BCUT2D eigenvalue weighted by molar-refractivity contribution is -0.191. The van der Waals surface area contributed by atoms with E-state index in [0.717, 1.165) is 38.3 Å². The van der Waals surface area contributed by atoms with E-state index in [1.165, 1.54) is 25.4 Å². The van der Waals surface area contributed by atoms with Crippen LogP contribution in [0.2, 0.25) is 0 Å². The first-order valence-electron chi connectivity index (χ1n) is 6.37. The lowest BCUT2D eigenvalue weighted by Gasteiger charge is -2.37. The highest BCUT2D eigenvalue weighted by Crippen LogP contribution is 2.17. The molecule has 1 amide bonds. The molecule has 1 fully saturated rings. The lowest BCUT2D eigenvalue weighted by atomic mass is 10.1. The van der Waals surface area contributed by atoms with Gasteiger partial charge in [-0.1, -0.05) is 0 Å². The summed E-state index contributed by atoms with van der Waals surface area (Å²) in [6, 6.07) is 0.115. The molecule has 1 unspecified atom stereocenters. The molecular formula is C12H20N6O2. The number of aromatic nitrogens is 3. The zero-order valence-electron chi connectivity index (χ0n) is 11.8. The SMILES string of the molecule is C#N.CON(C(C)=O)C1CCCN(Cc2ncn[nH]2)C1. The quantitative estimate of drug-likeness (QED) is 0.797. The fourth-order valence-electron chi connectivity index (χ4n) is 2.42. The van der Waals surface area contributed by atoms with Crippen LogP contribution in [-0.2, 0) is 16.2 Å². The molecule has 0 spiro atoms. The minimum Gasteiger partial charge on any atom is -0.294 e. The third kappa shape index (κ3) is 4.29. The first-order chi connectivity index (χ1) is 9.70. The van der Waals surface area contributed by atoms with Crippen molar-refractivity contribution in [1.82, 2.24) is 25.1 Å². The van der Waals surface area contributed by atoms with Crippen molar-refractivity contribution < 1.29 is 9.63 Å². The van der Waals surface area contributed by atoms with Crippen LogP contribution in [0.5, 0.6) is 0 Å². The number of nitriles is 1. The molecule has 1 aromatic rings. The van der Waals surface area contributed by atoms with Crippen molar-refractivity contribution in [1.29, 1.82) is 5.26 Å². The molecule has 110 valence electrons. The maximum absolute atomic E-state index is 11.5. The van der Waals surface area contributed by atoms with Gasteiger partial charge in [-0.05, 0) is 19.4 Å². The maximum Gasteiger partial charge on any atom is 0.243 e. The van der Waals surface area contributed by atoms with E-state index in [1.807, 2.05) is 0 Å². The zero-order valence-corrected chi connectivity index (χ0v) is 11.8. The minimum atomic E-state index is -0.0518. The minimum absolute atomic E-state index is 0.0518. The van der Waals surface area contributed by atoms with Gasteiger partial charge >= 0.3 is 0 Å². The topological polar surface area (TPSA) is 98.1 Å². The maximum atomic E-state index is 11.5. The molecule has 0 radical (unpaired) electrons. The Kier molecular flexibility index (Phi) is 6.63. The third-order valence-electron chi connectivity index (χ3n) is 3.16. The number of piperidine rings is 1. The standard InChI is InChI=1S/C11H19N5O2.CHN/c1-9(17)16(18-2)10-4-3-5-15(6-10)7-11-12-8-13-14-11;1-2/h8,10H,3-7H2,1-2H3,(H,12,13,14);1H. The summed E-state index contributed by atoms with van der Waals surface area (Å²) in [5.41, 5.74) is 0. The van der Waals surface area contributed by atoms with Crippen LogP contribution in [0, 0.1) is 11.8 Å². The fourth-order valence-corrected chi connectivity index (χ4v) is 2.42. The number of hydroxylamine groups is 2. The molecule has 1 atom stereocenters. The molecule has 1 aliphatic rings. The number of carbonyl (C=O) groups is 1. The molecule has 1 aliphatic heterocycles. The van der Waals surface area contributed by atoms with Crippen molar-refractivity contribution in [3.63, 3.8) is 0 Å². The molecular weight excluding hydrogens is 260 g/mol. The number of hydrogen-bond donors (Lipinski definition) is 1. The van der Waals surface area contributed by atoms with E-state index in [-0.39, 0.29) is 11.9 Å². The van der Waals surface area contributed by atoms with Gasteiger partial charge < -0.3 is 0 Å². The van der Waals surface area contributed by atoms with E-state index in [0.29, 0.717) is 0 Å². The Morgan fingerprint density at radius 2 is 2.45 bits per heavy atom. The van der Waals surface area contributed by atoms with Crippen molar-refractivity contribution in [3.05, 3.63) is 12.2 Å². The predicted molar refractivity (Wildman–Crippen MR) is 70.9 cm³/mol. The molecule has 0 bridgehead atoms. The predicted octanol–water partition coefficient (Wildman–Crippen LogP) is 0.319. The Labute approximate surface area is 118 Å². The van der Waals surface area contributed by atoms with Gasteiger partial charge in [0.25, 0.3) is 0 Å². The number of likely N-dealkylation sites (tertiary alicyclic amines) is 1. The highest BCUT2D eigenvalue weighted by atomic mass is 16.7. The summed E-state index contributed by atoms with van der Waals surface area (Å²) >= 11 is 0. The summed E-state index contributed by atoms with van der Waals surface area (Å²) in [6.07, 6.45) is 3.53. The second-order valence-corrected chi connectivity index (χ2v) is 4.49. The Bertz CT molecular complexity index is 419. The van der Waals surface area contributed by atoms with Crippen LogP contribution in [0.3, 0.4) is 0 Å². The number of carbonyl (C=O) groups excluding carboxylic acids is 1. The average Bonchev–Trinajstić information content (AvgIpc) is 2.95. The highest BCUT2D eigenvalue weighted by Gasteiger charge is 2.27. The van der Waals surface area contributed by atoms with Crippen molar-refractivity contribution in [2.75, 3.05) is 20.2 Å². The Hall–Kier alpha value is -1.98. The van der Waals surface area contributed by atoms with Crippen LogP contribution in [-0.4, -0.2) is 57.3 Å². The van der Waals surface area contributed by atoms with Crippen molar-refractivity contribution in [2.45, 2.75) is 32.4 Å². The number of H-pyrrole nitrogens is 1. The molecule has 8 nitrogen and oxygen atoms in total. The van der Waals surface area contributed by atoms with Crippen LogP contribution >= 0.6 is 0 Å². The molecule has 1 N–H and O–H groups in total. The van der Waals surface area contributed by atoms with Gasteiger partial charge in [-0.3, -0.25) is 19.6 Å². The number of aromatic amines is 1. The van der Waals surface area contributed by atoms with Crippen LogP contribution in [0.25, 0.3) is 0 Å². The molecule has 0 saturated carbocycles. The Morgan fingerprint density at radius 3 is 3.00 bits per heavy atom. The smallest absolute Gasteiger partial charge is 0.243 e. The van der Waals surface area contributed by atoms with E-state index in [1.54, 1.807) is 0 Å². The van der Waals surface area contributed by atoms with E-state index in [4.69, 9.17) is 10.1 Å². The Balaban J connectivity index is 0.000000956. The summed E-state index contributed by atoms with van der Waals surface area (Å²) in [7, 11) is 1.54. The number of nitrogens with zero attached hydrogens (tertiary/aromatic N) is 5. The average molecular weight is 280 g/mol. The molecule has 2 rings (SSSR count). The lowest BCUT2D eigenvalue weighted by Crippen LogP contribution is -2.48. The van der Waals surface area contributed by atoms with Gasteiger partial charge in [0.15, 0.2) is 0 Å². The number of hydrogen-bond acceptors (Lipinski definition) is 6. The third-order valence-corrected chi connectivity index (χ3v) is 3.16. The summed E-state index contributed by atoms with van der Waals surface area (Å²) in [5, 5.41) is 14.6. The van der Waals surface area contributed by atoms with Gasteiger partial charge in [-0.25, -0.2) is 15.3 Å². The van der Waals surface area contributed by atoms with E-state index in [9.17, 15) is 4.79 Å². The van der Waals surface area contributed by atoms with Gasteiger partial charge in [0.2, 0.25) is 5.91 Å². The number of rotatable bonds is 4. The summed E-state index contributed by atoms with van der Waals surface area (Å²) < 4.78 is 0. The highest BCUT2D eigenvalue weighted by molar-refractivity contribution is 5.72. The normalized spacial score (nSPS) is 18.9. The number of amides is 1. The molecule has 2 heterocycles. The van der Waals surface area contributed by atoms with Crippen LogP contribution in [0.4, 0.5) is 0 Å². The Morgan fingerprint density at radius 1 is 1.70 bits per heavy atom. The molecule has 20 heavy (non-hydrogen) atoms. The van der Waals surface area contributed by atoms with E-state index < -0.39 is 0 Å². The monoisotopic (exact) mass is 280 g/mol. The molecule has 0 aromatic carbocycles. The van der Waals surface area contributed by atoms with Gasteiger partial charge in [0.05, 0.1) is 19.7 Å². The molecule has 8 heteroatoms. The largest absolute Gasteiger partial charge is 0.294 e. The first kappa shape index (κ1) is 16.1. The summed E-state index contributed by atoms with van der Waals surface area (Å²) in [4.78, 5) is 23.0. The molecule has 0 aliphatic carbocycles.